The summed E-state index contributed by atoms with van der Waals surface area (Å²) in [6.07, 6.45) is 0. The van der Waals surface area contributed by atoms with Crippen molar-refractivity contribution in [1.82, 2.24) is 0 Å². The van der Waals surface area contributed by atoms with Crippen molar-refractivity contribution < 1.29 is 4.39 Å². The van der Waals surface area contributed by atoms with Crippen LogP contribution in [0.5, 0.6) is 0 Å². The number of hydrogen-bond acceptors (Lipinski definition) is 1. The minimum absolute atomic E-state index is 0. The molecule has 0 aliphatic rings. The fourth-order valence-electron chi connectivity index (χ4n) is 0.719. The maximum absolute atomic E-state index is 12.5. The molecule has 0 saturated carbocycles. The third-order valence-electron chi connectivity index (χ3n) is 1.16. The van der Waals surface area contributed by atoms with E-state index in [0.717, 1.165) is 0 Å². The molecule has 0 aromatic heterocycles. The second-order valence-corrected chi connectivity index (χ2v) is 2.02. The zero-order valence-corrected chi connectivity index (χ0v) is 7.20. The molecular weight excluding hydrogens is 177 g/mol. The highest BCUT2D eigenvalue weighted by Gasteiger charge is 1.88. The Morgan fingerprint density at radius 1 is 1.42 bits per heavy atom. The zero-order valence-electron chi connectivity index (χ0n) is 6.38. The maximum Gasteiger partial charge on any atom is 0.124 e. The fraction of sp³-hybridized carbons (Fsp3) is 0.111. The van der Waals surface area contributed by atoms with Crippen molar-refractivity contribution in [3.8, 4) is 11.8 Å². The van der Waals surface area contributed by atoms with E-state index in [1.54, 1.807) is 12.1 Å². The van der Waals surface area contributed by atoms with E-state index < -0.39 is 0 Å². The minimum atomic E-state index is -0.270. The molecule has 0 aliphatic heterocycles. The van der Waals surface area contributed by atoms with Gasteiger partial charge in [0.1, 0.15) is 5.82 Å². The first-order valence-electron chi connectivity index (χ1n) is 3.27. The molecule has 0 fully saturated rings. The van der Waals surface area contributed by atoms with Crippen molar-refractivity contribution in [1.29, 1.82) is 0 Å². The summed E-state index contributed by atoms with van der Waals surface area (Å²) in [5, 5.41) is 0. The quantitative estimate of drug-likeness (QED) is 0.610. The number of nitrogens with two attached hydrogens (primary N) is 1. The van der Waals surface area contributed by atoms with Crippen molar-refractivity contribution in [3.05, 3.63) is 35.6 Å². The van der Waals surface area contributed by atoms with Crippen molar-refractivity contribution in [3.63, 3.8) is 0 Å². The van der Waals surface area contributed by atoms with Crippen LogP contribution in [-0.2, 0) is 0 Å². The lowest BCUT2D eigenvalue weighted by Gasteiger charge is -1.88. The SMILES string of the molecule is Cl.NCC#Cc1cccc(F)c1. The van der Waals surface area contributed by atoms with E-state index in [2.05, 4.69) is 11.8 Å². The Labute approximate surface area is 77.2 Å². The smallest absolute Gasteiger partial charge is 0.124 e. The summed E-state index contributed by atoms with van der Waals surface area (Å²) < 4.78 is 12.5. The molecule has 1 rings (SSSR count). The van der Waals surface area contributed by atoms with Crippen LogP contribution in [0.3, 0.4) is 0 Å². The molecule has 0 unspecified atom stereocenters. The summed E-state index contributed by atoms with van der Waals surface area (Å²) in [4.78, 5) is 0. The van der Waals surface area contributed by atoms with Gasteiger partial charge in [-0.3, -0.25) is 0 Å². The van der Waals surface area contributed by atoms with Gasteiger partial charge in [-0.15, -0.1) is 12.4 Å². The zero-order chi connectivity index (χ0) is 8.10. The van der Waals surface area contributed by atoms with Crippen molar-refractivity contribution >= 4 is 12.4 Å². The lowest BCUT2D eigenvalue weighted by molar-refractivity contribution is 0.627. The first-order valence-corrected chi connectivity index (χ1v) is 3.27. The molecule has 0 spiro atoms. The van der Waals surface area contributed by atoms with Crippen LogP contribution in [0, 0.1) is 17.7 Å². The first-order chi connectivity index (χ1) is 5.33. The molecule has 0 heterocycles. The van der Waals surface area contributed by atoms with Gasteiger partial charge in [-0.2, -0.15) is 0 Å². The van der Waals surface area contributed by atoms with Gasteiger partial charge in [0, 0.05) is 5.56 Å². The van der Waals surface area contributed by atoms with E-state index in [4.69, 9.17) is 5.73 Å². The number of hydrogen-bond donors (Lipinski definition) is 1. The Bertz CT molecular complexity index is 301. The van der Waals surface area contributed by atoms with E-state index in [1.807, 2.05) is 0 Å². The number of rotatable bonds is 0. The van der Waals surface area contributed by atoms with Gasteiger partial charge in [-0.05, 0) is 18.2 Å². The highest BCUT2D eigenvalue weighted by atomic mass is 35.5. The van der Waals surface area contributed by atoms with E-state index in [0.29, 0.717) is 12.1 Å². The molecule has 0 atom stereocenters. The van der Waals surface area contributed by atoms with Gasteiger partial charge in [0.05, 0.1) is 6.54 Å². The van der Waals surface area contributed by atoms with E-state index in [1.165, 1.54) is 12.1 Å². The van der Waals surface area contributed by atoms with Crippen LogP contribution in [0.4, 0.5) is 4.39 Å². The van der Waals surface area contributed by atoms with Crippen LogP contribution in [0.25, 0.3) is 0 Å². The Kier molecular flexibility index (Phi) is 5.11. The van der Waals surface area contributed by atoms with Crippen LogP contribution in [0.1, 0.15) is 5.56 Å². The van der Waals surface area contributed by atoms with Crippen LogP contribution < -0.4 is 5.73 Å². The highest BCUT2D eigenvalue weighted by molar-refractivity contribution is 5.85. The summed E-state index contributed by atoms with van der Waals surface area (Å²) in [7, 11) is 0. The van der Waals surface area contributed by atoms with Gasteiger partial charge >= 0.3 is 0 Å². The molecule has 1 aromatic rings. The topological polar surface area (TPSA) is 26.0 Å². The highest BCUT2D eigenvalue weighted by Crippen LogP contribution is 2.00. The Morgan fingerprint density at radius 3 is 2.75 bits per heavy atom. The van der Waals surface area contributed by atoms with E-state index in [9.17, 15) is 4.39 Å². The molecule has 3 heteroatoms. The van der Waals surface area contributed by atoms with Crippen molar-refractivity contribution in [2.45, 2.75) is 0 Å². The average molecular weight is 186 g/mol. The van der Waals surface area contributed by atoms with Crippen molar-refractivity contribution in [2.75, 3.05) is 6.54 Å². The van der Waals surface area contributed by atoms with Gasteiger partial charge in [-0.25, -0.2) is 4.39 Å². The first kappa shape index (κ1) is 11.0. The van der Waals surface area contributed by atoms with Gasteiger partial charge in [0.15, 0.2) is 0 Å². The van der Waals surface area contributed by atoms with Gasteiger partial charge in [0.2, 0.25) is 0 Å². The Balaban J connectivity index is 0.00000121. The lowest BCUT2D eigenvalue weighted by atomic mass is 10.2. The molecule has 0 bridgehead atoms. The van der Waals surface area contributed by atoms with E-state index in [-0.39, 0.29) is 18.2 Å². The summed E-state index contributed by atoms with van der Waals surface area (Å²) in [5.41, 5.74) is 5.81. The third kappa shape index (κ3) is 3.38. The normalized spacial score (nSPS) is 7.83. The van der Waals surface area contributed by atoms with Gasteiger partial charge in [0.25, 0.3) is 0 Å². The van der Waals surface area contributed by atoms with Crippen molar-refractivity contribution in [2.24, 2.45) is 5.73 Å². The maximum atomic E-state index is 12.5. The second kappa shape index (κ2) is 5.59. The molecule has 1 aromatic carbocycles. The fourth-order valence-corrected chi connectivity index (χ4v) is 0.719. The predicted octanol–water partition coefficient (Wildman–Crippen LogP) is 1.56. The molecular formula is C9H9ClFN. The number of benzene rings is 1. The van der Waals surface area contributed by atoms with Gasteiger partial charge in [-0.1, -0.05) is 17.9 Å². The third-order valence-corrected chi connectivity index (χ3v) is 1.16. The Morgan fingerprint density at radius 2 is 2.17 bits per heavy atom. The summed E-state index contributed by atoms with van der Waals surface area (Å²) in [6.45, 7) is 0.302. The molecule has 64 valence electrons. The molecule has 0 radical (unpaired) electrons. The molecule has 12 heavy (non-hydrogen) atoms. The van der Waals surface area contributed by atoms with Crippen LogP contribution in [0.15, 0.2) is 24.3 Å². The molecule has 0 aliphatic carbocycles. The molecule has 1 nitrogen and oxygen atoms in total. The largest absolute Gasteiger partial charge is 0.320 e. The Hall–Kier alpha value is -1.04. The molecule has 2 N–H and O–H groups in total. The summed E-state index contributed by atoms with van der Waals surface area (Å²) in [6, 6.07) is 6.12. The van der Waals surface area contributed by atoms with Crippen LogP contribution in [-0.4, -0.2) is 6.54 Å². The second-order valence-electron chi connectivity index (χ2n) is 2.02. The number of halogens is 2. The van der Waals surface area contributed by atoms with Gasteiger partial charge < -0.3 is 5.73 Å². The molecule has 0 saturated heterocycles. The summed E-state index contributed by atoms with van der Waals surface area (Å²) >= 11 is 0. The lowest BCUT2D eigenvalue weighted by Crippen LogP contribution is -1.93. The van der Waals surface area contributed by atoms with Crippen LogP contribution >= 0.6 is 12.4 Å². The monoisotopic (exact) mass is 185 g/mol. The molecule has 0 amide bonds. The standard InChI is InChI=1S/C9H8FN.ClH/c10-9-5-1-3-8(7-9)4-2-6-11;/h1,3,5,7H,6,11H2;1H. The van der Waals surface area contributed by atoms with Crippen LogP contribution in [0.2, 0.25) is 0 Å². The minimum Gasteiger partial charge on any atom is -0.320 e. The predicted molar refractivity (Wildman–Crippen MR) is 49.6 cm³/mol. The van der Waals surface area contributed by atoms with E-state index >= 15 is 0 Å². The average Bonchev–Trinajstić information content (AvgIpc) is 2.01. The summed E-state index contributed by atoms with van der Waals surface area (Å²) in [5.74, 6) is 5.10.